The molecule has 0 radical (unpaired) electrons. The van der Waals surface area contributed by atoms with E-state index < -0.39 is 0 Å². The van der Waals surface area contributed by atoms with Crippen LogP contribution in [0, 0.1) is 6.92 Å². The van der Waals surface area contributed by atoms with E-state index in [1.54, 1.807) is 23.3 Å². The first kappa shape index (κ1) is 11.3. The smallest absolute Gasteiger partial charge is 0.273 e. The van der Waals surface area contributed by atoms with E-state index in [9.17, 15) is 4.79 Å². The summed E-state index contributed by atoms with van der Waals surface area (Å²) in [6, 6.07) is 4.02. The molecule has 3 nitrogen and oxygen atoms in total. The molecular formula is C11H12N2OS2. The number of aromatic nitrogens is 1. The van der Waals surface area contributed by atoms with Crippen molar-refractivity contribution < 1.29 is 4.79 Å². The summed E-state index contributed by atoms with van der Waals surface area (Å²) in [5, 5.41) is 4.75. The first-order valence-electron chi connectivity index (χ1n) is 4.87. The van der Waals surface area contributed by atoms with Crippen LogP contribution in [0.2, 0.25) is 0 Å². The molecule has 16 heavy (non-hydrogen) atoms. The summed E-state index contributed by atoms with van der Waals surface area (Å²) in [5.41, 5.74) is 0.543. The number of nitrogens with zero attached hydrogens (tertiary/aromatic N) is 2. The first-order valence-corrected chi connectivity index (χ1v) is 6.62. The van der Waals surface area contributed by atoms with Crippen LogP contribution < -0.4 is 0 Å². The van der Waals surface area contributed by atoms with Gasteiger partial charge in [-0.05, 0) is 18.4 Å². The van der Waals surface area contributed by atoms with Crippen LogP contribution in [0.15, 0.2) is 22.9 Å². The van der Waals surface area contributed by atoms with Gasteiger partial charge in [0.25, 0.3) is 5.91 Å². The monoisotopic (exact) mass is 252 g/mol. The number of carbonyl (C=O) groups is 1. The van der Waals surface area contributed by atoms with Gasteiger partial charge in [0.1, 0.15) is 5.69 Å². The Morgan fingerprint density at radius 2 is 2.31 bits per heavy atom. The number of hydrogen-bond acceptors (Lipinski definition) is 4. The molecule has 0 aliphatic heterocycles. The van der Waals surface area contributed by atoms with Gasteiger partial charge in [-0.25, -0.2) is 4.98 Å². The standard InChI is InChI=1S/C11H12N2OS2/c1-8-12-10(7-16-8)11(14)13(2)6-9-4-3-5-15-9/h3-5,7H,6H2,1-2H3. The molecule has 0 unspecified atom stereocenters. The lowest BCUT2D eigenvalue weighted by atomic mass is 10.4. The van der Waals surface area contributed by atoms with Crippen LogP contribution in [-0.2, 0) is 6.54 Å². The van der Waals surface area contributed by atoms with Crippen LogP contribution in [0.4, 0.5) is 0 Å². The zero-order chi connectivity index (χ0) is 11.5. The number of thiophene rings is 1. The summed E-state index contributed by atoms with van der Waals surface area (Å²) in [6.45, 7) is 2.55. The van der Waals surface area contributed by atoms with Crippen molar-refractivity contribution in [3.05, 3.63) is 38.5 Å². The summed E-state index contributed by atoms with van der Waals surface area (Å²) in [4.78, 5) is 19.0. The van der Waals surface area contributed by atoms with Crippen molar-refractivity contribution >= 4 is 28.6 Å². The topological polar surface area (TPSA) is 33.2 Å². The third kappa shape index (κ3) is 2.48. The molecule has 2 heterocycles. The van der Waals surface area contributed by atoms with E-state index in [1.165, 1.54) is 16.2 Å². The molecule has 5 heteroatoms. The molecule has 0 aromatic carbocycles. The summed E-state index contributed by atoms with van der Waals surface area (Å²) in [6.07, 6.45) is 0. The lowest BCUT2D eigenvalue weighted by Crippen LogP contribution is -2.26. The van der Waals surface area contributed by atoms with Crippen LogP contribution in [0.3, 0.4) is 0 Å². The Hall–Kier alpha value is -1.20. The highest BCUT2D eigenvalue weighted by Crippen LogP contribution is 2.14. The van der Waals surface area contributed by atoms with E-state index in [-0.39, 0.29) is 5.91 Å². The molecular weight excluding hydrogens is 240 g/mol. The van der Waals surface area contributed by atoms with Gasteiger partial charge in [-0.1, -0.05) is 6.07 Å². The Morgan fingerprint density at radius 1 is 1.50 bits per heavy atom. The molecule has 2 aromatic heterocycles. The first-order chi connectivity index (χ1) is 7.66. The van der Waals surface area contributed by atoms with Crippen molar-refractivity contribution in [1.29, 1.82) is 0 Å². The van der Waals surface area contributed by atoms with Crippen LogP contribution in [0.25, 0.3) is 0 Å². The Morgan fingerprint density at radius 3 is 2.88 bits per heavy atom. The van der Waals surface area contributed by atoms with E-state index in [2.05, 4.69) is 4.98 Å². The number of amides is 1. The fraction of sp³-hybridized carbons (Fsp3) is 0.273. The molecule has 0 fully saturated rings. The molecule has 2 rings (SSSR count). The molecule has 1 amide bonds. The fourth-order valence-electron chi connectivity index (χ4n) is 1.37. The number of thiazole rings is 1. The van der Waals surface area contributed by atoms with Crippen molar-refractivity contribution in [2.24, 2.45) is 0 Å². The molecule has 0 spiro atoms. The van der Waals surface area contributed by atoms with Crippen LogP contribution in [0.1, 0.15) is 20.4 Å². The van der Waals surface area contributed by atoms with Gasteiger partial charge in [-0.2, -0.15) is 0 Å². The van der Waals surface area contributed by atoms with Gasteiger partial charge in [0.2, 0.25) is 0 Å². The van der Waals surface area contributed by atoms with E-state index in [0.29, 0.717) is 12.2 Å². The molecule has 0 saturated heterocycles. The van der Waals surface area contributed by atoms with Gasteiger partial charge in [0.05, 0.1) is 11.6 Å². The second-order valence-corrected chi connectivity index (χ2v) is 5.59. The molecule has 84 valence electrons. The Balaban J connectivity index is 2.05. The molecule has 0 N–H and O–H groups in total. The highest BCUT2D eigenvalue weighted by molar-refractivity contribution is 7.10. The van der Waals surface area contributed by atoms with Gasteiger partial charge < -0.3 is 4.90 Å². The molecule has 2 aromatic rings. The highest BCUT2D eigenvalue weighted by Gasteiger charge is 2.14. The summed E-state index contributed by atoms with van der Waals surface area (Å²) >= 11 is 3.16. The zero-order valence-electron chi connectivity index (χ0n) is 9.14. The van der Waals surface area contributed by atoms with Gasteiger partial charge in [-0.15, -0.1) is 22.7 Å². The quantitative estimate of drug-likeness (QED) is 0.841. The summed E-state index contributed by atoms with van der Waals surface area (Å²) < 4.78 is 0. The zero-order valence-corrected chi connectivity index (χ0v) is 10.8. The molecule has 0 aliphatic rings. The average Bonchev–Trinajstić information content (AvgIpc) is 2.88. The number of carbonyl (C=O) groups excluding carboxylic acids is 1. The largest absolute Gasteiger partial charge is 0.335 e. The fourth-order valence-corrected chi connectivity index (χ4v) is 2.71. The molecule has 0 atom stereocenters. The van der Waals surface area contributed by atoms with Crippen molar-refractivity contribution in [3.63, 3.8) is 0 Å². The second-order valence-electron chi connectivity index (χ2n) is 3.49. The van der Waals surface area contributed by atoms with Gasteiger partial charge in [0.15, 0.2) is 0 Å². The predicted molar refractivity (Wildman–Crippen MR) is 67.0 cm³/mol. The van der Waals surface area contributed by atoms with E-state index in [4.69, 9.17) is 0 Å². The van der Waals surface area contributed by atoms with Crippen molar-refractivity contribution in [2.75, 3.05) is 7.05 Å². The van der Waals surface area contributed by atoms with Crippen molar-refractivity contribution in [2.45, 2.75) is 13.5 Å². The summed E-state index contributed by atoms with van der Waals surface area (Å²) in [7, 11) is 1.80. The maximum atomic E-state index is 12.0. The SMILES string of the molecule is Cc1nc(C(=O)N(C)Cc2cccs2)cs1. The van der Waals surface area contributed by atoms with E-state index in [0.717, 1.165) is 5.01 Å². The average molecular weight is 252 g/mol. The van der Waals surface area contributed by atoms with Gasteiger partial charge in [0, 0.05) is 17.3 Å². The minimum atomic E-state index is -0.0160. The number of rotatable bonds is 3. The minimum Gasteiger partial charge on any atom is -0.335 e. The number of aryl methyl sites for hydroxylation is 1. The van der Waals surface area contributed by atoms with Crippen LogP contribution in [0.5, 0.6) is 0 Å². The molecule has 0 bridgehead atoms. The maximum Gasteiger partial charge on any atom is 0.273 e. The Bertz CT molecular complexity index is 476. The lowest BCUT2D eigenvalue weighted by Gasteiger charge is -2.14. The van der Waals surface area contributed by atoms with Crippen molar-refractivity contribution in [1.82, 2.24) is 9.88 Å². The molecule has 0 saturated carbocycles. The predicted octanol–water partition coefficient (Wildman–Crippen LogP) is 2.79. The normalized spacial score (nSPS) is 10.4. The van der Waals surface area contributed by atoms with E-state index >= 15 is 0 Å². The van der Waals surface area contributed by atoms with Crippen LogP contribution >= 0.6 is 22.7 Å². The lowest BCUT2D eigenvalue weighted by molar-refractivity contribution is 0.0781. The third-order valence-electron chi connectivity index (χ3n) is 2.16. The Labute approximate surface area is 102 Å². The summed E-state index contributed by atoms with van der Waals surface area (Å²) in [5.74, 6) is -0.0160. The maximum absolute atomic E-state index is 12.0. The van der Waals surface area contributed by atoms with Gasteiger partial charge >= 0.3 is 0 Å². The Kier molecular flexibility index (Phi) is 3.36. The van der Waals surface area contributed by atoms with E-state index in [1.807, 2.05) is 29.8 Å². The molecule has 0 aliphatic carbocycles. The number of hydrogen-bond donors (Lipinski definition) is 0. The van der Waals surface area contributed by atoms with Crippen molar-refractivity contribution in [3.8, 4) is 0 Å². The van der Waals surface area contributed by atoms with Crippen LogP contribution in [-0.4, -0.2) is 22.8 Å². The third-order valence-corrected chi connectivity index (χ3v) is 3.79. The highest BCUT2D eigenvalue weighted by atomic mass is 32.1. The van der Waals surface area contributed by atoms with Gasteiger partial charge in [-0.3, -0.25) is 4.79 Å². The minimum absolute atomic E-state index is 0.0160. The second kappa shape index (κ2) is 4.76.